The van der Waals surface area contributed by atoms with Crippen LogP contribution in [-0.4, -0.2) is 10.2 Å². The van der Waals surface area contributed by atoms with E-state index in [1.165, 1.54) is 16.7 Å². The second kappa shape index (κ2) is 10.6. The molecule has 0 saturated carbocycles. The van der Waals surface area contributed by atoms with Crippen LogP contribution in [0.25, 0.3) is 22.3 Å². The third-order valence-corrected chi connectivity index (χ3v) is 7.84. The van der Waals surface area contributed by atoms with Crippen LogP contribution in [0.3, 0.4) is 0 Å². The first kappa shape index (κ1) is 25.4. The Balaban J connectivity index is 1.85. The Labute approximate surface area is 225 Å². The highest BCUT2D eigenvalue weighted by Crippen LogP contribution is 2.48. The van der Waals surface area contributed by atoms with E-state index in [4.69, 9.17) is 0 Å². The number of phenolic OH excluding ortho intramolecular Hbond substituents is 2. The van der Waals surface area contributed by atoms with E-state index in [1.807, 2.05) is 72.8 Å². The maximum absolute atomic E-state index is 10.9. The molecule has 0 aliphatic carbocycles. The monoisotopic (exact) mass is 498 g/mol. The van der Waals surface area contributed by atoms with Crippen LogP contribution < -0.4 is 0 Å². The normalized spacial score (nSPS) is 11.4. The Bertz CT molecular complexity index is 1460. The topological polar surface area (TPSA) is 40.5 Å². The second-order valence-corrected chi connectivity index (χ2v) is 10.1. The number of aromatic hydroxyl groups is 2. The number of benzene rings is 5. The molecule has 5 aromatic carbocycles. The van der Waals surface area contributed by atoms with Crippen molar-refractivity contribution in [1.82, 2.24) is 0 Å². The summed E-state index contributed by atoms with van der Waals surface area (Å²) in [7, 11) is 0. The van der Waals surface area contributed by atoms with Gasteiger partial charge in [0, 0.05) is 16.5 Å². The van der Waals surface area contributed by atoms with Crippen molar-refractivity contribution in [3.8, 4) is 33.8 Å². The molecule has 5 aromatic rings. The summed E-state index contributed by atoms with van der Waals surface area (Å²) in [6, 6.07) is 38.7. The van der Waals surface area contributed by atoms with Crippen LogP contribution in [0.4, 0.5) is 0 Å². The van der Waals surface area contributed by atoms with Crippen molar-refractivity contribution in [2.24, 2.45) is 0 Å². The standard InChI is InChI=1S/C36H34O2/c1-4-22-36(33-17-11-12-25(2)26(33)3,29-18-20-34(37)31(23-29)27-13-7-5-8-14-27)30-19-21-35(38)32(24-30)28-15-9-6-10-16-28/h5-21,23-24,37-38H,4,22H2,1-3H3. The molecule has 0 saturated heterocycles. The zero-order valence-corrected chi connectivity index (χ0v) is 22.3. The molecule has 38 heavy (non-hydrogen) atoms. The highest BCUT2D eigenvalue weighted by molar-refractivity contribution is 5.75. The molecule has 0 atom stereocenters. The molecular weight excluding hydrogens is 464 g/mol. The molecular formula is C36H34O2. The molecule has 5 rings (SSSR count). The Morgan fingerprint density at radius 2 is 1.08 bits per heavy atom. The fraction of sp³-hybridized carbons (Fsp3) is 0.167. The van der Waals surface area contributed by atoms with E-state index in [-0.39, 0.29) is 11.5 Å². The first-order chi connectivity index (χ1) is 18.5. The highest BCUT2D eigenvalue weighted by atomic mass is 16.3. The Morgan fingerprint density at radius 1 is 0.579 bits per heavy atom. The maximum atomic E-state index is 10.9. The molecule has 0 radical (unpaired) electrons. The number of hydrogen-bond acceptors (Lipinski definition) is 2. The van der Waals surface area contributed by atoms with Gasteiger partial charge < -0.3 is 10.2 Å². The van der Waals surface area contributed by atoms with Crippen LogP contribution in [0.2, 0.25) is 0 Å². The van der Waals surface area contributed by atoms with Crippen LogP contribution in [0.1, 0.15) is 47.6 Å². The quantitative estimate of drug-likeness (QED) is 0.220. The lowest BCUT2D eigenvalue weighted by atomic mass is 9.64. The molecule has 0 aliphatic rings. The summed E-state index contributed by atoms with van der Waals surface area (Å²) in [4.78, 5) is 0. The largest absolute Gasteiger partial charge is 0.507 e. The lowest BCUT2D eigenvalue weighted by molar-refractivity contribution is 0.474. The van der Waals surface area contributed by atoms with Crippen molar-refractivity contribution < 1.29 is 10.2 Å². The zero-order valence-electron chi connectivity index (χ0n) is 22.3. The van der Waals surface area contributed by atoms with Gasteiger partial charge in [0.25, 0.3) is 0 Å². The summed E-state index contributed by atoms with van der Waals surface area (Å²) < 4.78 is 0. The summed E-state index contributed by atoms with van der Waals surface area (Å²) in [5.74, 6) is 0.531. The van der Waals surface area contributed by atoms with Crippen molar-refractivity contribution >= 4 is 0 Å². The van der Waals surface area contributed by atoms with Crippen molar-refractivity contribution in [2.45, 2.75) is 39.0 Å². The molecule has 2 heteroatoms. The van der Waals surface area contributed by atoms with Crippen molar-refractivity contribution in [3.05, 3.63) is 143 Å². The lowest BCUT2D eigenvalue weighted by Crippen LogP contribution is -2.30. The van der Waals surface area contributed by atoms with Gasteiger partial charge in [-0.1, -0.05) is 104 Å². The van der Waals surface area contributed by atoms with E-state index >= 15 is 0 Å². The third kappa shape index (κ3) is 4.48. The first-order valence-corrected chi connectivity index (χ1v) is 13.3. The van der Waals surface area contributed by atoms with Gasteiger partial charge in [0.1, 0.15) is 11.5 Å². The minimum absolute atomic E-state index is 0.266. The van der Waals surface area contributed by atoms with Crippen LogP contribution >= 0.6 is 0 Å². The van der Waals surface area contributed by atoms with Crippen LogP contribution in [0.15, 0.2) is 115 Å². The SMILES string of the molecule is CCCC(c1ccc(O)c(-c2ccccc2)c1)(c1ccc(O)c(-c2ccccc2)c1)c1cccc(C)c1C. The molecule has 2 N–H and O–H groups in total. The van der Waals surface area contributed by atoms with Crippen LogP contribution in [0, 0.1) is 13.8 Å². The minimum Gasteiger partial charge on any atom is -0.507 e. The number of rotatable bonds is 7. The molecule has 0 aromatic heterocycles. The van der Waals surface area contributed by atoms with Gasteiger partial charge in [-0.15, -0.1) is 0 Å². The van der Waals surface area contributed by atoms with E-state index in [2.05, 4.69) is 63.2 Å². The molecule has 0 bridgehead atoms. The van der Waals surface area contributed by atoms with Crippen molar-refractivity contribution in [2.75, 3.05) is 0 Å². The Kier molecular flexibility index (Phi) is 7.07. The van der Waals surface area contributed by atoms with Gasteiger partial charge in [-0.05, 0) is 83.5 Å². The minimum atomic E-state index is -0.487. The highest BCUT2D eigenvalue weighted by Gasteiger charge is 2.38. The summed E-state index contributed by atoms with van der Waals surface area (Å²) in [6.45, 7) is 6.58. The van der Waals surface area contributed by atoms with Gasteiger partial charge in [-0.25, -0.2) is 0 Å². The fourth-order valence-electron chi connectivity index (χ4n) is 5.79. The Morgan fingerprint density at radius 3 is 1.55 bits per heavy atom. The fourth-order valence-corrected chi connectivity index (χ4v) is 5.79. The lowest BCUT2D eigenvalue weighted by Gasteiger charge is -2.38. The number of phenols is 2. The summed E-state index contributed by atoms with van der Waals surface area (Å²) in [5, 5.41) is 21.8. The van der Waals surface area contributed by atoms with E-state index in [1.54, 1.807) is 0 Å². The molecule has 0 unspecified atom stereocenters. The number of aryl methyl sites for hydroxylation is 1. The van der Waals surface area contributed by atoms with Crippen molar-refractivity contribution in [1.29, 1.82) is 0 Å². The van der Waals surface area contributed by atoms with E-state index in [0.29, 0.717) is 0 Å². The molecule has 0 amide bonds. The number of hydrogen-bond donors (Lipinski definition) is 2. The predicted molar refractivity (Wildman–Crippen MR) is 158 cm³/mol. The molecule has 0 heterocycles. The maximum Gasteiger partial charge on any atom is 0.123 e. The molecule has 0 aliphatic heterocycles. The summed E-state index contributed by atoms with van der Waals surface area (Å²) in [6.07, 6.45) is 1.83. The molecule has 190 valence electrons. The van der Waals surface area contributed by atoms with Gasteiger partial charge in [0.05, 0.1) is 0 Å². The van der Waals surface area contributed by atoms with Crippen molar-refractivity contribution in [3.63, 3.8) is 0 Å². The average Bonchev–Trinajstić information content (AvgIpc) is 2.95. The Hall–Kier alpha value is -4.30. The van der Waals surface area contributed by atoms with Gasteiger partial charge in [0.15, 0.2) is 0 Å². The predicted octanol–water partition coefficient (Wildman–Crippen LogP) is 9.18. The van der Waals surface area contributed by atoms with E-state index < -0.39 is 5.41 Å². The zero-order chi connectivity index (χ0) is 26.7. The summed E-state index contributed by atoms with van der Waals surface area (Å²) in [5.41, 5.74) is 9.09. The first-order valence-electron chi connectivity index (χ1n) is 13.3. The average molecular weight is 499 g/mol. The van der Waals surface area contributed by atoms with Crippen LogP contribution in [-0.2, 0) is 5.41 Å². The molecule has 2 nitrogen and oxygen atoms in total. The molecule has 0 spiro atoms. The van der Waals surface area contributed by atoms with E-state index in [0.717, 1.165) is 46.2 Å². The van der Waals surface area contributed by atoms with E-state index in [9.17, 15) is 10.2 Å². The second-order valence-electron chi connectivity index (χ2n) is 10.1. The van der Waals surface area contributed by atoms with Gasteiger partial charge in [-0.3, -0.25) is 0 Å². The van der Waals surface area contributed by atoms with Gasteiger partial charge in [0.2, 0.25) is 0 Å². The van der Waals surface area contributed by atoms with Gasteiger partial charge >= 0.3 is 0 Å². The smallest absolute Gasteiger partial charge is 0.123 e. The summed E-state index contributed by atoms with van der Waals surface area (Å²) >= 11 is 0. The third-order valence-electron chi connectivity index (χ3n) is 7.84. The van der Waals surface area contributed by atoms with Gasteiger partial charge in [-0.2, -0.15) is 0 Å². The van der Waals surface area contributed by atoms with Crippen LogP contribution in [0.5, 0.6) is 11.5 Å². The molecule has 0 fully saturated rings.